The second kappa shape index (κ2) is 13.1. The molecule has 1 atom stereocenters. The van der Waals surface area contributed by atoms with Crippen molar-refractivity contribution in [1.82, 2.24) is 16.0 Å². The average Bonchev–Trinajstić information content (AvgIpc) is 2.74. The molecule has 1 amide bonds. The van der Waals surface area contributed by atoms with Crippen LogP contribution < -0.4 is 16.0 Å². The highest BCUT2D eigenvalue weighted by molar-refractivity contribution is 5.94. The van der Waals surface area contributed by atoms with Crippen LogP contribution in [0.15, 0.2) is 65.7 Å². The molecule has 1 aromatic rings. The van der Waals surface area contributed by atoms with Crippen LogP contribution in [0.3, 0.4) is 0 Å². The number of carbonyl (C=O) groups is 2. The van der Waals surface area contributed by atoms with E-state index < -0.39 is 17.7 Å². The number of aliphatic imine (C=N–C) groups is 1. The number of nitrogens with one attached hydrogen (secondary N) is 3. The number of carbonyl (C=O) groups excluding carboxylic acids is 1. The number of allylic oxidation sites excluding steroid dienone is 2. The van der Waals surface area contributed by atoms with E-state index >= 15 is 0 Å². The number of rotatable bonds is 13. The number of aliphatic carboxylic acids is 1. The molecule has 0 saturated carbocycles. The van der Waals surface area contributed by atoms with Crippen molar-refractivity contribution in [3.63, 3.8) is 0 Å². The minimum Gasteiger partial charge on any atom is -0.481 e. The van der Waals surface area contributed by atoms with Crippen LogP contribution in [0.4, 0.5) is 13.2 Å². The van der Waals surface area contributed by atoms with Gasteiger partial charge in [0.05, 0.1) is 18.7 Å². The van der Waals surface area contributed by atoms with Gasteiger partial charge in [0.15, 0.2) is 0 Å². The number of hydrogen-bond donors (Lipinski definition) is 4. The average molecular weight is 467 g/mol. The molecular weight excluding hydrogens is 437 g/mol. The molecule has 7 nitrogen and oxygen atoms in total. The summed E-state index contributed by atoms with van der Waals surface area (Å²) in [5, 5.41) is 16.8. The molecule has 1 unspecified atom stereocenters. The molecule has 0 aromatic heterocycles. The summed E-state index contributed by atoms with van der Waals surface area (Å²) in [4.78, 5) is 26.6. The fourth-order valence-electron chi connectivity index (χ4n) is 2.59. The zero-order valence-electron chi connectivity index (χ0n) is 18.6. The molecule has 180 valence electrons. The van der Waals surface area contributed by atoms with E-state index in [0.717, 1.165) is 31.5 Å². The third-order valence-corrected chi connectivity index (χ3v) is 4.42. The van der Waals surface area contributed by atoms with Gasteiger partial charge in [0, 0.05) is 29.6 Å². The van der Waals surface area contributed by atoms with Crippen molar-refractivity contribution in [2.24, 2.45) is 4.99 Å². The third-order valence-electron chi connectivity index (χ3n) is 4.42. The Morgan fingerprint density at radius 3 is 2.39 bits per heavy atom. The topological polar surface area (TPSA) is 103 Å². The number of hydrogen-bond acceptors (Lipinski definition) is 5. The van der Waals surface area contributed by atoms with Crippen LogP contribution in [0.25, 0.3) is 0 Å². The van der Waals surface area contributed by atoms with Gasteiger partial charge in [-0.1, -0.05) is 38.6 Å². The Kier molecular flexibility index (Phi) is 10.9. The lowest BCUT2D eigenvalue weighted by molar-refractivity contribution is -0.136. The van der Waals surface area contributed by atoms with Gasteiger partial charge >= 0.3 is 12.1 Å². The molecule has 1 rings (SSSR count). The number of nitrogens with zero attached hydrogens (tertiary/aromatic N) is 1. The lowest BCUT2D eigenvalue weighted by atomic mass is 10.0. The monoisotopic (exact) mass is 466 g/mol. The lowest BCUT2D eigenvalue weighted by Gasteiger charge is -2.20. The highest BCUT2D eigenvalue weighted by Gasteiger charge is 2.29. The predicted molar refractivity (Wildman–Crippen MR) is 122 cm³/mol. The molecule has 0 heterocycles. The summed E-state index contributed by atoms with van der Waals surface area (Å²) < 4.78 is 37.5. The molecule has 33 heavy (non-hydrogen) atoms. The maximum absolute atomic E-state index is 12.5. The number of benzene rings is 1. The molecule has 0 saturated heterocycles. The summed E-state index contributed by atoms with van der Waals surface area (Å²) in [5.74, 6) is -1.33. The molecule has 0 aliphatic carbocycles. The second-order valence-corrected chi connectivity index (χ2v) is 7.21. The van der Waals surface area contributed by atoms with Crippen molar-refractivity contribution in [1.29, 1.82) is 0 Å². The fraction of sp³-hybridized carbons (Fsp3) is 0.348. The summed E-state index contributed by atoms with van der Waals surface area (Å²) in [7, 11) is 0. The maximum Gasteiger partial charge on any atom is 0.413 e. The summed E-state index contributed by atoms with van der Waals surface area (Å²) in [6.07, 6.45) is -0.826. The Morgan fingerprint density at radius 2 is 1.85 bits per heavy atom. The maximum atomic E-state index is 12.5. The van der Waals surface area contributed by atoms with E-state index in [1.165, 1.54) is 6.21 Å². The van der Waals surface area contributed by atoms with Crippen molar-refractivity contribution in [3.05, 3.63) is 71.8 Å². The Labute approximate surface area is 191 Å². The highest BCUT2D eigenvalue weighted by Crippen LogP contribution is 2.24. The first kappa shape index (κ1) is 27.5. The first-order valence-corrected chi connectivity index (χ1v) is 10.2. The largest absolute Gasteiger partial charge is 0.481 e. The molecular formula is C23H29F3N4O3. The smallest absolute Gasteiger partial charge is 0.413 e. The van der Waals surface area contributed by atoms with Crippen LogP contribution in [0.1, 0.15) is 55.1 Å². The van der Waals surface area contributed by atoms with Crippen LogP contribution in [-0.2, 0) is 4.79 Å². The number of carboxylic acids is 1. The summed E-state index contributed by atoms with van der Waals surface area (Å²) >= 11 is 0. The fourth-order valence-corrected chi connectivity index (χ4v) is 2.59. The Hall–Kier alpha value is -3.56. The van der Waals surface area contributed by atoms with E-state index in [4.69, 9.17) is 5.11 Å². The van der Waals surface area contributed by atoms with Gasteiger partial charge in [-0.15, -0.1) is 0 Å². The molecule has 0 fully saturated rings. The number of halogens is 3. The van der Waals surface area contributed by atoms with Crippen molar-refractivity contribution >= 4 is 18.1 Å². The van der Waals surface area contributed by atoms with Crippen LogP contribution >= 0.6 is 0 Å². The SMILES string of the molecule is C=C(C=NC(=C)N/C=C(\C)C(F)(F)F)NC(CCC)c1ccc(C(=O)NCCC(=O)O)cc1. The standard InChI is InChI=1S/C23H29F3N4O3/c1-5-6-20(18-7-9-19(10-8-18)22(33)27-12-11-21(31)32)30-16(3)14-29-17(4)28-13-15(2)23(24,25)26/h7-10,13-14,20,28,30H,3-6,11-12H2,1-2H3,(H,27,33)(H,31,32)/b15-13+,29-14?. The lowest BCUT2D eigenvalue weighted by Crippen LogP contribution is -2.26. The van der Waals surface area contributed by atoms with Crippen molar-refractivity contribution in [2.45, 2.75) is 45.3 Å². The summed E-state index contributed by atoms with van der Waals surface area (Å²) in [6.45, 7) is 10.4. The molecule has 0 aliphatic rings. The van der Waals surface area contributed by atoms with E-state index in [1.54, 1.807) is 24.3 Å². The molecule has 0 bridgehead atoms. The van der Waals surface area contributed by atoms with Gasteiger partial charge in [0.25, 0.3) is 5.91 Å². The first-order chi connectivity index (χ1) is 15.4. The van der Waals surface area contributed by atoms with Gasteiger partial charge in [-0.05, 0) is 31.0 Å². The molecule has 1 aromatic carbocycles. The van der Waals surface area contributed by atoms with E-state index in [-0.39, 0.29) is 30.7 Å². The van der Waals surface area contributed by atoms with E-state index in [2.05, 4.69) is 34.1 Å². The van der Waals surface area contributed by atoms with Gasteiger partial charge in [0.1, 0.15) is 5.82 Å². The first-order valence-electron chi connectivity index (χ1n) is 10.2. The van der Waals surface area contributed by atoms with Crippen LogP contribution in [0.5, 0.6) is 0 Å². The number of carboxylic acid groups (broad SMARTS) is 1. The van der Waals surface area contributed by atoms with Gasteiger partial charge in [-0.3, -0.25) is 9.59 Å². The minimum absolute atomic E-state index is 0.0202. The molecule has 4 N–H and O–H groups in total. The molecule has 0 aliphatic heterocycles. The van der Waals surface area contributed by atoms with Gasteiger partial charge in [-0.2, -0.15) is 13.2 Å². The number of alkyl halides is 3. The Bertz CT molecular complexity index is 907. The van der Waals surface area contributed by atoms with Crippen molar-refractivity contribution < 1.29 is 27.9 Å². The molecule has 0 radical (unpaired) electrons. The zero-order valence-corrected chi connectivity index (χ0v) is 18.6. The normalized spacial score (nSPS) is 12.8. The summed E-state index contributed by atoms with van der Waals surface area (Å²) in [5.41, 5.74) is 0.930. The van der Waals surface area contributed by atoms with Crippen LogP contribution in [0.2, 0.25) is 0 Å². The molecule has 10 heteroatoms. The third kappa shape index (κ3) is 10.5. The Morgan fingerprint density at radius 1 is 1.21 bits per heavy atom. The van der Waals surface area contributed by atoms with Gasteiger partial charge in [-0.25, -0.2) is 4.99 Å². The van der Waals surface area contributed by atoms with Crippen molar-refractivity contribution in [3.8, 4) is 0 Å². The van der Waals surface area contributed by atoms with Crippen molar-refractivity contribution in [2.75, 3.05) is 6.54 Å². The molecule has 0 spiro atoms. The highest BCUT2D eigenvalue weighted by atomic mass is 19.4. The van der Waals surface area contributed by atoms with E-state index in [0.29, 0.717) is 11.3 Å². The van der Waals surface area contributed by atoms with Crippen LogP contribution in [-0.4, -0.2) is 35.9 Å². The predicted octanol–water partition coefficient (Wildman–Crippen LogP) is 4.43. The zero-order chi connectivity index (χ0) is 25.0. The van der Waals surface area contributed by atoms with E-state index in [9.17, 15) is 22.8 Å². The van der Waals surface area contributed by atoms with Gasteiger partial charge in [0.2, 0.25) is 0 Å². The Balaban J connectivity index is 2.72. The van der Waals surface area contributed by atoms with Crippen LogP contribution in [0, 0.1) is 0 Å². The minimum atomic E-state index is -4.43. The summed E-state index contributed by atoms with van der Waals surface area (Å²) in [6, 6.07) is 6.73. The second-order valence-electron chi connectivity index (χ2n) is 7.21. The van der Waals surface area contributed by atoms with Gasteiger partial charge < -0.3 is 21.1 Å². The quantitative estimate of drug-likeness (QED) is 0.322. The van der Waals surface area contributed by atoms with E-state index in [1.807, 2.05) is 6.92 Å². The number of amides is 1.